The summed E-state index contributed by atoms with van der Waals surface area (Å²) in [4.78, 5) is 0. The Labute approximate surface area is 80.3 Å². The maximum atomic E-state index is 6.26. The zero-order chi connectivity index (χ0) is 6.12. The van der Waals surface area contributed by atoms with Crippen LogP contribution in [0, 0.1) is 0 Å². The van der Waals surface area contributed by atoms with E-state index in [9.17, 15) is 0 Å². The molecule has 0 fully saturated rings. The fraction of sp³-hybridized carbons (Fsp3) is 1.00. The third-order valence-corrected chi connectivity index (χ3v) is 0.125. The van der Waals surface area contributed by atoms with Gasteiger partial charge in [0.2, 0.25) is 0 Å². The van der Waals surface area contributed by atoms with E-state index in [2.05, 4.69) is 0 Å². The van der Waals surface area contributed by atoms with Crippen LogP contribution in [-0.2, 0) is 37.5 Å². The number of halogens is 2. The van der Waals surface area contributed by atoms with E-state index in [-0.39, 0.29) is 34.2 Å². The van der Waals surface area contributed by atoms with E-state index in [1.165, 1.54) is 0 Å². The van der Waals surface area contributed by atoms with E-state index in [0.29, 0.717) is 0 Å². The van der Waals surface area contributed by atoms with Gasteiger partial charge in [-0.1, -0.05) is 0 Å². The Balaban J connectivity index is -0.0000000575. The summed E-state index contributed by atoms with van der Waals surface area (Å²) in [7, 11) is 9.75. The molecule has 0 heterocycles. The maximum Gasteiger partial charge on any atom is 0 e. The van der Waals surface area contributed by atoms with Crippen molar-refractivity contribution in [3.05, 3.63) is 11.5 Å². The number of rotatable bonds is 1. The average molecular weight is 519 g/mol. The van der Waals surface area contributed by atoms with Gasteiger partial charge in [0.25, 0.3) is 0 Å². The predicted octanol–water partition coefficient (Wildman–Crippen LogP) is 2.46. The monoisotopic (exact) mass is 518 g/mol. The molecule has 0 unspecified atom stereocenters. The van der Waals surface area contributed by atoms with Gasteiger partial charge in [0, 0.05) is 21.1 Å². The molecule has 0 aromatic carbocycles. The van der Waals surface area contributed by atoms with Crippen molar-refractivity contribution in [1.82, 2.24) is 0 Å². The molecule has 0 aliphatic rings. The van der Waals surface area contributed by atoms with Gasteiger partial charge in [-0.3, -0.25) is 0 Å². The van der Waals surface area contributed by atoms with Crippen molar-refractivity contribution in [2.45, 2.75) is 0 Å². The largest absolute Gasteiger partial charge is 0.679 e. The van der Waals surface area contributed by atoms with E-state index in [1.54, 1.807) is 0 Å². The standard InChI is InChI=1S/C2H6N2.2ClH.2Pt/c3-1-2-4;;;;/h3-4H,1-2H2;2*1H;;/q-2;;;;+4/p-2. The molecule has 0 aliphatic heterocycles. The normalized spacial score (nSPS) is 6.50. The van der Waals surface area contributed by atoms with Crippen LogP contribution in [0.25, 0.3) is 11.5 Å². The first kappa shape index (κ1) is 16.5. The summed E-state index contributed by atoms with van der Waals surface area (Å²) in [6, 6.07) is 0. The summed E-state index contributed by atoms with van der Waals surface area (Å²) in [6.45, 7) is 0.472. The first-order valence-corrected chi connectivity index (χ1v) is 7.08. The van der Waals surface area contributed by atoms with Crippen molar-refractivity contribution < 1.29 is 37.5 Å². The first-order chi connectivity index (χ1) is 3.33. The molecule has 6 heteroatoms. The van der Waals surface area contributed by atoms with Crippen molar-refractivity contribution in [3.63, 3.8) is 0 Å². The minimum Gasteiger partial charge on any atom is -0.679 e. The molecule has 8 heavy (non-hydrogen) atoms. The molecule has 0 aromatic rings. The van der Waals surface area contributed by atoms with Crippen LogP contribution < -0.4 is 0 Å². The molecule has 0 spiro atoms. The Kier molecular flexibility index (Phi) is 47.6. The van der Waals surface area contributed by atoms with Gasteiger partial charge in [-0.05, 0) is 0 Å². The van der Waals surface area contributed by atoms with Gasteiger partial charge in [0.05, 0.1) is 0 Å². The van der Waals surface area contributed by atoms with Gasteiger partial charge < -0.3 is 11.5 Å². The molecule has 0 saturated heterocycles. The molecule has 0 aromatic heterocycles. The van der Waals surface area contributed by atoms with Crippen molar-refractivity contribution in [3.8, 4) is 0 Å². The van der Waals surface area contributed by atoms with Gasteiger partial charge in [0.1, 0.15) is 0 Å². The quantitative estimate of drug-likeness (QED) is 0.512. The van der Waals surface area contributed by atoms with Crippen LogP contribution >= 0.6 is 18.8 Å². The maximum absolute atomic E-state index is 6.26. The van der Waals surface area contributed by atoms with Crippen LogP contribution in [0.5, 0.6) is 0 Å². The van der Waals surface area contributed by atoms with Gasteiger partial charge in [-0.25, -0.2) is 0 Å². The Morgan fingerprint density at radius 1 is 1.12 bits per heavy atom. The predicted molar refractivity (Wildman–Crippen MR) is 30.1 cm³/mol. The first-order valence-electron chi connectivity index (χ1n) is 1.45. The van der Waals surface area contributed by atoms with Crippen molar-refractivity contribution in [2.75, 3.05) is 13.1 Å². The Bertz CT molecular complexity index is 23.5. The smallest absolute Gasteiger partial charge is 0 e. The van der Waals surface area contributed by atoms with E-state index in [0.717, 1.165) is 0 Å². The van der Waals surface area contributed by atoms with E-state index in [1.807, 2.05) is 0 Å². The second-order valence-electron chi connectivity index (χ2n) is 0.545. The summed E-state index contributed by atoms with van der Waals surface area (Å²) in [6.07, 6.45) is 0. The zero-order valence-electron chi connectivity index (χ0n) is 3.80. The summed E-state index contributed by atoms with van der Waals surface area (Å²) >= 11 is -0.472. The summed E-state index contributed by atoms with van der Waals surface area (Å²) in [5.41, 5.74) is 12.5. The van der Waals surface area contributed by atoms with Crippen LogP contribution in [0.1, 0.15) is 0 Å². The number of hydrogen-bond donors (Lipinski definition) is 0. The van der Waals surface area contributed by atoms with E-state index >= 15 is 0 Å². The Hall–Kier alpha value is 1.88. The fourth-order valence-electron chi connectivity index (χ4n) is 0. The molecular weight excluding hydrogens is 513 g/mol. The molecule has 0 rings (SSSR count). The van der Waals surface area contributed by atoms with Gasteiger partial charge in [0.15, 0.2) is 0 Å². The van der Waals surface area contributed by atoms with Crippen LogP contribution in [0.15, 0.2) is 0 Å². The summed E-state index contributed by atoms with van der Waals surface area (Å²) in [5, 5.41) is 0. The van der Waals surface area contributed by atoms with Crippen molar-refractivity contribution in [2.24, 2.45) is 0 Å². The van der Waals surface area contributed by atoms with Crippen molar-refractivity contribution in [1.29, 1.82) is 0 Å². The molecule has 58 valence electrons. The van der Waals surface area contributed by atoms with Gasteiger partial charge >= 0.3 is 35.3 Å². The molecule has 0 aliphatic carbocycles. The van der Waals surface area contributed by atoms with Crippen LogP contribution in [0.3, 0.4) is 0 Å². The SMILES string of the molecule is [Cl][Pt+2][Cl].[NH-]CC[NH-].[Pt]. The second kappa shape index (κ2) is 23.2. The molecule has 2 N–H and O–H groups in total. The zero-order valence-corrected chi connectivity index (χ0v) is 9.86. The molecular formula is C2H6Cl2N2Pt2. The minimum absolute atomic E-state index is 0. The molecule has 0 radical (unpaired) electrons. The molecule has 0 bridgehead atoms. The molecule has 2 nitrogen and oxygen atoms in total. The van der Waals surface area contributed by atoms with Crippen LogP contribution in [0.2, 0.25) is 0 Å². The Morgan fingerprint density at radius 2 is 1.25 bits per heavy atom. The number of hydrogen-bond acceptors (Lipinski definition) is 0. The van der Waals surface area contributed by atoms with Gasteiger partial charge in [-0.2, -0.15) is 13.1 Å². The second-order valence-corrected chi connectivity index (χ2v) is 3.83. The number of nitrogens with one attached hydrogen (secondary N) is 2. The summed E-state index contributed by atoms with van der Waals surface area (Å²) in [5.74, 6) is 0. The third-order valence-electron chi connectivity index (χ3n) is 0.125. The molecule has 0 amide bonds. The topological polar surface area (TPSA) is 47.6 Å². The van der Waals surface area contributed by atoms with Gasteiger partial charge in [-0.15, -0.1) is 0 Å². The Morgan fingerprint density at radius 3 is 1.25 bits per heavy atom. The van der Waals surface area contributed by atoms with E-state index in [4.69, 9.17) is 30.3 Å². The van der Waals surface area contributed by atoms with Crippen LogP contribution in [0.4, 0.5) is 0 Å². The fourth-order valence-corrected chi connectivity index (χ4v) is 0. The third kappa shape index (κ3) is 45.0. The van der Waals surface area contributed by atoms with Crippen LogP contribution in [-0.4, -0.2) is 13.1 Å². The van der Waals surface area contributed by atoms with Crippen molar-refractivity contribution >= 4 is 18.8 Å². The summed E-state index contributed by atoms with van der Waals surface area (Å²) < 4.78 is 0. The minimum atomic E-state index is -0.472. The van der Waals surface area contributed by atoms with E-state index < -0.39 is 16.5 Å². The molecule has 0 atom stereocenters. The average Bonchev–Trinajstić information content (AvgIpc) is 1.69. The molecule has 0 saturated carbocycles.